The van der Waals surface area contributed by atoms with Crippen molar-refractivity contribution in [3.8, 4) is 0 Å². The summed E-state index contributed by atoms with van der Waals surface area (Å²) in [7, 11) is 0. The van der Waals surface area contributed by atoms with Gasteiger partial charge in [0.25, 0.3) is 0 Å². The van der Waals surface area contributed by atoms with Gasteiger partial charge in [-0.05, 0) is 43.6 Å². The Labute approximate surface area is 103 Å². The molecule has 0 atom stereocenters. The molecule has 1 saturated carbocycles. The first-order chi connectivity index (χ1) is 7.75. The fourth-order valence-electron chi connectivity index (χ4n) is 2.56. The lowest BCUT2D eigenvalue weighted by atomic mass is 9.80. The van der Waals surface area contributed by atoms with Crippen LogP contribution in [0.3, 0.4) is 0 Å². The Hall–Kier alpha value is -0.760. The maximum absolute atomic E-state index is 11.1. The quantitative estimate of drug-likeness (QED) is 0.792. The molecule has 2 rings (SSSR count). The molecule has 0 aliphatic heterocycles. The molecular formula is C14H18OS. The van der Waals surface area contributed by atoms with Crippen LogP contribution < -0.4 is 0 Å². The minimum Gasteiger partial charge on any atom is -0.287 e. The molecule has 0 N–H and O–H groups in total. The second-order valence-electron chi connectivity index (χ2n) is 4.75. The monoisotopic (exact) mass is 234 g/mol. The summed E-state index contributed by atoms with van der Waals surface area (Å²) < 4.78 is 0. The summed E-state index contributed by atoms with van der Waals surface area (Å²) in [6.07, 6.45) is 5.56. The van der Waals surface area contributed by atoms with E-state index < -0.39 is 0 Å². The van der Waals surface area contributed by atoms with Gasteiger partial charge >= 0.3 is 0 Å². The molecule has 1 aromatic carbocycles. The maximum Gasteiger partial charge on any atom is 0.188 e. The lowest BCUT2D eigenvalue weighted by Crippen LogP contribution is -2.20. The summed E-state index contributed by atoms with van der Waals surface area (Å²) in [5, 5.41) is 0.0816. The molecule has 0 spiro atoms. The number of hydrogen-bond donors (Lipinski definition) is 1. The van der Waals surface area contributed by atoms with Crippen LogP contribution >= 0.6 is 12.6 Å². The molecule has 0 amide bonds. The van der Waals surface area contributed by atoms with Crippen molar-refractivity contribution in [2.45, 2.75) is 32.1 Å². The van der Waals surface area contributed by atoms with Crippen LogP contribution in [0, 0.1) is 11.8 Å². The molecule has 0 unspecified atom stereocenters. The van der Waals surface area contributed by atoms with Gasteiger partial charge < -0.3 is 0 Å². The first-order valence-electron chi connectivity index (χ1n) is 6.02. The number of thiol groups is 1. The van der Waals surface area contributed by atoms with E-state index in [0.717, 1.165) is 25.2 Å². The number of carbonyl (C=O) groups is 1. The second kappa shape index (κ2) is 5.53. The Bertz CT molecular complexity index is 339. The van der Waals surface area contributed by atoms with Gasteiger partial charge in [0.2, 0.25) is 0 Å². The SMILES string of the molecule is O=C(S)C1CCC(Cc2ccccc2)CC1. The van der Waals surface area contributed by atoms with Crippen molar-refractivity contribution in [1.29, 1.82) is 0 Å². The third-order valence-corrected chi connectivity index (χ3v) is 3.93. The Morgan fingerprint density at radius 1 is 1.12 bits per heavy atom. The number of benzene rings is 1. The highest BCUT2D eigenvalue weighted by Gasteiger charge is 2.24. The molecule has 0 heterocycles. The third-order valence-electron chi connectivity index (χ3n) is 3.56. The van der Waals surface area contributed by atoms with Gasteiger partial charge in [-0.15, -0.1) is 12.6 Å². The van der Waals surface area contributed by atoms with Gasteiger partial charge in [-0.25, -0.2) is 0 Å². The van der Waals surface area contributed by atoms with Crippen molar-refractivity contribution in [2.24, 2.45) is 11.8 Å². The van der Waals surface area contributed by atoms with Crippen LogP contribution in [0.25, 0.3) is 0 Å². The average Bonchev–Trinajstić information content (AvgIpc) is 2.31. The zero-order chi connectivity index (χ0) is 11.4. The maximum atomic E-state index is 11.1. The molecule has 1 aliphatic carbocycles. The summed E-state index contributed by atoms with van der Waals surface area (Å²) in [5.41, 5.74) is 1.42. The first kappa shape index (κ1) is 11.7. The van der Waals surface area contributed by atoms with Gasteiger partial charge in [0.15, 0.2) is 5.12 Å². The van der Waals surface area contributed by atoms with E-state index in [-0.39, 0.29) is 11.0 Å². The Morgan fingerprint density at radius 2 is 1.75 bits per heavy atom. The van der Waals surface area contributed by atoms with E-state index in [0.29, 0.717) is 0 Å². The molecule has 1 fully saturated rings. The topological polar surface area (TPSA) is 17.1 Å². The highest BCUT2D eigenvalue weighted by atomic mass is 32.1. The molecule has 16 heavy (non-hydrogen) atoms. The standard InChI is InChI=1S/C14H18OS/c15-14(16)13-8-6-12(7-9-13)10-11-4-2-1-3-5-11/h1-5,12-13H,6-10H2,(H,15,16). The summed E-state index contributed by atoms with van der Waals surface area (Å²) in [5.74, 6) is 0.974. The van der Waals surface area contributed by atoms with Gasteiger partial charge in [-0.2, -0.15) is 0 Å². The Balaban J connectivity index is 1.84. The highest BCUT2D eigenvalue weighted by Crippen LogP contribution is 2.31. The van der Waals surface area contributed by atoms with E-state index in [1.54, 1.807) is 0 Å². The smallest absolute Gasteiger partial charge is 0.188 e. The number of hydrogen-bond acceptors (Lipinski definition) is 1. The van der Waals surface area contributed by atoms with E-state index in [1.165, 1.54) is 18.4 Å². The van der Waals surface area contributed by atoms with Crippen molar-refractivity contribution in [3.05, 3.63) is 35.9 Å². The lowest BCUT2D eigenvalue weighted by molar-refractivity contribution is -0.115. The van der Waals surface area contributed by atoms with Crippen molar-refractivity contribution in [2.75, 3.05) is 0 Å². The molecule has 2 heteroatoms. The molecule has 86 valence electrons. The molecule has 0 radical (unpaired) electrons. The average molecular weight is 234 g/mol. The number of rotatable bonds is 3. The van der Waals surface area contributed by atoms with Crippen LogP contribution in [0.15, 0.2) is 30.3 Å². The minimum atomic E-state index is 0.0816. The molecule has 1 nitrogen and oxygen atoms in total. The molecule has 0 aromatic heterocycles. The summed E-state index contributed by atoms with van der Waals surface area (Å²) >= 11 is 3.93. The Kier molecular flexibility index (Phi) is 4.05. The van der Waals surface area contributed by atoms with Gasteiger partial charge in [0, 0.05) is 5.92 Å². The van der Waals surface area contributed by atoms with Crippen LogP contribution in [0.4, 0.5) is 0 Å². The van der Waals surface area contributed by atoms with E-state index in [1.807, 2.05) is 0 Å². The third kappa shape index (κ3) is 3.11. The second-order valence-corrected chi connectivity index (χ2v) is 5.19. The lowest BCUT2D eigenvalue weighted by Gasteiger charge is -2.26. The summed E-state index contributed by atoms with van der Waals surface area (Å²) in [6, 6.07) is 10.6. The Morgan fingerprint density at radius 3 is 2.31 bits per heavy atom. The molecule has 1 aliphatic rings. The summed E-state index contributed by atoms with van der Waals surface area (Å²) in [6.45, 7) is 0. The van der Waals surface area contributed by atoms with Crippen LogP contribution in [0.5, 0.6) is 0 Å². The van der Waals surface area contributed by atoms with Crippen molar-refractivity contribution < 1.29 is 4.79 Å². The normalized spacial score (nSPS) is 25.3. The summed E-state index contributed by atoms with van der Waals surface area (Å²) in [4.78, 5) is 11.1. The number of carbonyl (C=O) groups excluding carboxylic acids is 1. The molecular weight excluding hydrogens is 216 g/mol. The van der Waals surface area contributed by atoms with Gasteiger partial charge in [0.1, 0.15) is 0 Å². The van der Waals surface area contributed by atoms with Crippen molar-refractivity contribution in [1.82, 2.24) is 0 Å². The van der Waals surface area contributed by atoms with Gasteiger partial charge in [-0.1, -0.05) is 30.3 Å². The largest absolute Gasteiger partial charge is 0.287 e. The van der Waals surface area contributed by atoms with E-state index in [2.05, 4.69) is 43.0 Å². The zero-order valence-corrected chi connectivity index (χ0v) is 10.3. The molecule has 1 aromatic rings. The van der Waals surface area contributed by atoms with Crippen molar-refractivity contribution >= 4 is 17.7 Å². The van der Waals surface area contributed by atoms with E-state index in [9.17, 15) is 4.79 Å². The molecule has 0 bridgehead atoms. The van der Waals surface area contributed by atoms with Crippen LogP contribution in [0.2, 0.25) is 0 Å². The van der Waals surface area contributed by atoms with Crippen LogP contribution in [-0.2, 0) is 11.2 Å². The van der Waals surface area contributed by atoms with E-state index >= 15 is 0 Å². The fourth-order valence-corrected chi connectivity index (χ4v) is 2.82. The minimum absolute atomic E-state index is 0.0816. The predicted molar refractivity (Wildman–Crippen MR) is 69.6 cm³/mol. The van der Waals surface area contributed by atoms with Crippen LogP contribution in [0.1, 0.15) is 31.2 Å². The fraction of sp³-hybridized carbons (Fsp3) is 0.500. The molecule has 0 saturated heterocycles. The first-order valence-corrected chi connectivity index (χ1v) is 6.47. The van der Waals surface area contributed by atoms with Gasteiger partial charge in [-0.3, -0.25) is 4.79 Å². The van der Waals surface area contributed by atoms with E-state index in [4.69, 9.17) is 0 Å². The highest BCUT2D eigenvalue weighted by molar-refractivity contribution is 7.96. The van der Waals surface area contributed by atoms with Crippen molar-refractivity contribution in [3.63, 3.8) is 0 Å². The zero-order valence-electron chi connectivity index (χ0n) is 9.43. The van der Waals surface area contributed by atoms with Crippen LogP contribution in [-0.4, -0.2) is 5.12 Å². The predicted octanol–water partition coefficient (Wildman–Crippen LogP) is 3.49. The van der Waals surface area contributed by atoms with Gasteiger partial charge in [0.05, 0.1) is 0 Å².